The van der Waals surface area contributed by atoms with Gasteiger partial charge < -0.3 is 9.47 Å². The van der Waals surface area contributed by atoms with E-state index in [1.807, 2.05) is 10.9 Å². The van der Waals surface area contributed by atoms with E-state index in [0.717, 1.165) is 63.4 Å². The van der Waals surface area contributed by atoms with Gasteiger partial charge in [-0.1, -0.05) is 0 Å². The van der Waals surface area contributed by atoms with Crippen LogP contribution >= 0.6 is 0 Å². The molecule has 2 aromatic heterocycles. The van der Waals surface area contributed by atoms with Gasteiger partial charge in [0, 0.05) is 19.8 Å². The Balaban J connectivity index is 1.38. The van der Waals surface area contributed by atoms with Gasteiger partial charge in [0.25, 0.3) is 0 Å². The van der Waals surface area contributed by atoms with E-state index < -0.39 is 0 Å². The number of fused-ring (bicyclic) bond motifs is 1. The summed E-state index contributed by atoms with van der Waals surface area (Å²) in [6.45, 7) is 2.95. The molecule has 0 unspecified atom stereocenters. The van der Waals surface area contributed by atoms with Crippen molar-refractivity contribution in [2.75, 3.05) is 13.2 Å². The second-order valence-corrected chi connectivity index (χ2v) is 6.33. The summed E-state index contributed by atoms with van der Waals surface area (Å²) in [5, 5.41) is 19.3. The fourth-order valence-electron chi connectivity index (χ4n) is 3.41. The SMILES string of the molecule is c1n[nH]c2c1CCC[C@H]2OCc1nnnn1CC1CCOCC1. The third-order valence-corrected chi connectivity index (χ3v) is 4.78. The molecule has 8 nitrogen and oxygen atoms in total. The molecule has 2 aromatic rings. The topological polar surface area (TPSA) is 90.7 Å². The number of hydrogen-bond donors (Lipinski definition) is 1. The fraction of sp³-hybridized carbons (Fsp3) is 0.733. The van der Waals surface area contributed by atoms with Crippen LogP contribution < -0.4 is 0 Å². The van der Waals surface area contributed by atoms with Gasteiger partial charge in [-0.15, -0.1) is 5.10 Å². The highest BCUT2D eigenvalue weighted by Crippen LogP contribution is 2.31. The monoisotopic (exact) mass is 318 g/mol. The molecule has 23 heavy (non-hydrogen) atoms. The van der Waals surface area contributed by atoms with Crippen LogP contribution in [-0.2, 0) is 29.0 Å². The molecule has 0 aromatic carbocycles. The highest BCUT2D eigenvalue weighted by Gasteiger charge is 2.24. The number of aryl methyl sites for hydroxylation is 1. The minimum absolute atomic E-state index is 0.0643. The van der Waals surface area contributed by atoms with E-state index >= 15 is 0 Å². The molecule has 0 amide bonds. The van der Waals surface area contributed by atoms with Crippen LogP contribution in [0.3, 0.4) is 0 Å². The average Bonchev–Trinajstić information content (AvgIpc) is 3.23. The molecule has 4 rings (SSSR count). The highest BCUT2D eigenvalue weighted by molar-refractivity contribution is 5.21. The predicted octanol–water partition coefficient (Wildman–Crippen LogP) is 1.42. The van der Waals surface area contributed by atoms with Gasteiger partial charge in [0.05, 0.1) is 18.0 Å². The van der Waals surface area contributed by atoms with Gasteiger partial charge in [0.2, 0.25) is 0 Å². The van der Waals surface area contributed by atoms with Crippen molar-refractivity contribution in [3.63, 3.8) is 0 Å². The first-order valence-electron chi connectivity index (χ1n) is 8.36. The van der Waals surface area contributed by atoms with E-state index in [2.05, 4.69) is 25.7 Å². The molecule has 1 N–H and O–H groups in total. The molecule has 1 aliphatic carbocycles. The van der Waals surface area contributed by atoms with Crippen molar-refractivity contribution in [1.82, 2.24) is 30.4 Å². The molecule has 124 valence electrons. The molecular formula is C15H22N6O2. The summed E-state index contributed by atoms with van der Waals surface area (Å²) in [4.78, 5) is 0. The molecule has 8 heteroatoms. The highest BCUT2D eigenvalue weighted by atomic mass is 16.5. The summed E-state index contributed by atoms with van der Waals surface area (Å²) in [7, 11) is 0. The minimum atomic E-state index is 0.0643. The van der Waals surface area contributed by atoms with Crippen molar-refractivity contribution < 1.29 is 9.47 Å². The lowest BCUT2D eigenvalue weighted by Gasteiger charge is -2.23. The Morgan fingerprint density at radius 3 is 3.13 bits per heavy atom. The molecule has 0 radical (unpaired) electrons. The molecule has 3 heterocycles. The van der Waals surface area contributed by atoms with Gasteiger partial charge in [0.15, 0.2) is 5.82 Å². The third kappa shape index (κ3) is 3.28. The lowest BCUT2D eigenvalue weighted by Crippen LogP contribution is -2.22. The molecule has 0 spiro atoms. The zero-order valence-electron chi connectivity index (χ0n) is 13.1. The molecular weight excluding hydrogens is 296 g/mol. The van der Waals surface area contributed by atoms with Gasteiger partial charge in [0.1, 0.15) is 6.61 Å². The Morgan fingerprint density at radius 2 is 2.22 bits per heavy atom. The molecule has 1 aliphatic heterocycles. The number of tetrazole rings is 1. The molecule has 1 saturated heterocycles. The number of aromatic amines is 1. The molecule has 0 bridgehead atoms. The van der Waals surface area contributed by atoms with Crippen molar-refractivity contribution in [1.29, 1.82) is 0 Å². The normalized spacial score (nSPS) is 22.2. The fourth-order valence-corrected chi connectivity index (χ4v) is 3.41. The van der Waals surface area contributed by atoms with Crippen LogP contribution in [-0.4, -0.2) is 43.6 Å². The zero-order valence-corrected chi connectivity index (χ0v) is 13.1. The summed E-state index contributed by atoms with van der Waals surface area (Å²) in [6.07, 6.45) is 7.32. The standard InChI is InChI=1S/C15H22N6O2/c1-2-12-8-16-18-15(12)13(3-1)23-10-14-17-19-20-21(14)9-11-4-6-22-7-5-11/h8,11,13H,1-7,9-10H2,(H,16,18)/t13-/m1/s1. The second-order valence-electron chi connectivity index (χ2n) is 6.33. The van der Waals surface area contributed by atoms with Gasteiger partial charge in [-0.3, -0.25) is 5.10 Å². The number of aromatic nitrogens is 6. The lowest BCUT2D eigenvalue weighted by atomic mass is 9.96. The molecule has 2 aliphatic rings. The first-order chi connectivity index (χ1) is 11.4. The Morgan fingerprint density at radius 1 is 1.30 bits per heavy atom. The Hall–Kier alpha value is -1.80. The van der Waals surface area contributed by atoms with E-state index in [1.54, 1.807) is 0 Å². The second kappa shape index (κ2) is 6.76. The number of hydrogen-bond acceptors (Lipinski definition) is 6. The van der Waals surface area contributed by atoms with Gasteiger partial charge >= 0.3 is 0 Å². The summed E-state index contributed by atoms with van der Waals surface area (Å²) >= 11 is 0. The van der Waals surface area contributed by atoms with E-state index in [9.17, 15) is 0 Å². The number of H-pyrrole nitrogens is 1. The van der Waals surface area contributed by atoms with Gasteiger partial charge in [-0.05, 0) is 54.0 Å². The zero-order chi connectivity index (χ0) is 15.5. The van der Waals surface area contributed by atoms with Crippen LogP contribution in [0.25, 0.3) is 0 Å². The summed E-state index contributed by atoms with van der Waals surface area (Å²) in [5.74, 6) is 1.38. The molecule has 1 atom stereocenters. The predicted molar refractivity (Wildman–Crippen MR) is 80.4 cm³/mol. The van der Waals surface area contributed by atoms with Crippen LogP contribution in [0.4, 0.5) is 0 Å². The van der Waals surface area contributed by atoms with Crippen LogP contribution in [0.15, 0.2) is 6.20 Å². The van der Waals surface area contributed by atoms with Crippen molar-refractivity contribution in [3.05, 3.63) is 23.3 Å². The number of nitrogens with zero attached hydrogens (tertiary/aromatic N) is 5. The van der Waals surface area contributed by atoms with Crippen molar-refractivity contribution >= 4 is 0 Å². The van der Waals surface area contributed by atoms with E-state index in [-0.39, 0.29) is 6.10 Å². The lowest BCUT2D eigenvalue weighted by molar-refractivity contribution is 0.0183. The molecule has 1 fully saturated rings. The minimum Gasteiger partial charge on any atom is -0.381 e. The maximum Gasteiger partial charge on any atom is 0.177 e. The smallest absolute Gasteiger partial charge is 0.177 e. The number of rotatable bonds is 5. The number of nitrogens with one attached hydrogen (secondary N) is 1. The Labute approximate surface area is 134 Å². The Bertz CT molecular complexity index is 633. The van der Waals surface area contributed by atoms with Crippen molar-refractivity contribution in [2.45, 2.75) is 51.4 Å². The number of ether oxygens (including phenoxy) is 2. The summed E-state index contributed by atoms with van der Waals surface area (Å²) in [5.41, 5.74) is 2.38. The van der Waals surface area contributed by atoms with Crippen LogP contribution in [0.2, 0.25) is 0 Å². The quantitative estimate of drug-likeness (QED) is 0.896. The van der Waals surface area contributed by atoms with E-state index in [1.165, 1.54) is 5.56 Å². The van der Waals surface area contributed by atoms with Crippen LogP contribution in [0.5, 0.6) is 0 Å². The van der Waals surface area contributed by atoms with Crippen molar-refractivity contribution in [2.24, 2.45) is 5.92 Å². The molecule has 0 saturated carbocycles. The Kier molecular flexibility index (Phi) is 4.34. The van der Waals surface area contributed by atoms with Crippen LogP contribution in [0.1, 0.15) is 48.9 Å². The van der Waals surface area contributed by atoms with E-state index in [0.29, 0.717) is 12.5 Å². The van der Waals surface area contributed by atoms with E-state index in [4.69, 9.17) is 9.47 Å². The third-order valence-electron chi connectivity index (χ3n) is 4.78. The summed E-state index contributed by atoms with van der Waals surface area (Å²) < 4.78 is 13.4. The first-order valence-corrected chi connectivity index (χ1v) is 8.36. The van der Waals surface area contributed by atoms with Crippen molar-refractivity contribution in [3.8, 4) is 0 Å². The summed E-state index contributed by atoms with van der Waals surface area (Å²) in [6, 6.07) is 0. The average molecular weight is 318 g/mol. The first kappa shape index (κ1) is 14.8. The van der Waals surface area contributed by atoms with Gasteiger partial charge in [-0.25, -0.2) is 4.68 Å². The maximum atomic E-state index is 6.08. The van der Waals surface area contributed by atoms with Crippen LogP contribution in [0, 0.1) is 5.92 Å². The maximum absolute atomic E-state index is 6.08. The van der Waals surface area contributed by atoms with Gasteiger partial charge in [-0.2, -0.15) is 5.10 Å². The largest absolute Gasteiger partial charge is 0.381 e.